The van der Waals surface area contributed by atoms with Crippen molar-refractivity contribution in [2.45, 2.75) is 26.2 Å². The second-order valence-electron chi connectivity index (χ2n) is 5.00. The summed E-state index contributed by atoms with van der Waals surface area (Å²) in [7, 11) is 0. The number of halogens is 1. The number of allylic oxidation sites excluding steroid dienone is 3. The summed E-state index contributed by atoms with van der Waals surface area (Å²) in [5.41, 5.74) is 3.85. The molecular formula is C16H19ClN+. The van der Waals surface area contributed by atoms with Gasteiger partial charge in [0.25, 0.3) is 0 Å². The van der Waals surface area contributed by atoms with Crippen LogP contribution in [-0.4, -0.2) is 16.8 Å². The monoisotopic (exact) mass is 260 g/mol. The Morgan fingerprint density at radius 2 is 2.06 bits per heavy atom. The summed E-state index contributed by atoms with van der Waals surface area (Å²) in [5, 5.41) is 0.685. The van der Waals surface area contributed by atoms with Gasteiger partial charge in [-0.25, -0.2) is 0 Å². The minimum Gasteiger partial charge on any atom is -0.195 e. The Bertz CT molecular complexity index is 550. The number of hydrogen-bond donors (Lipinski definition) is 0. The Morgan fingerprint density at radius 3 is 2.67 bits per heavy atom. The van der Waals surface area contributed by atoms with Crippen LogP contribution in [0.15, 0.2) is 48.0 Å². The Balaban J connectivity index is 2.68. The van der Waals surface area contributed by atoms with E-state index in [9.17, 15) is 0 Å². The van der Waals surface area contributed by atoms with Gasteiger partial charge in [0, 0.05) is 22.7 Å². The molecule has 0 spiro atoms. The van der Waals surface area contributed by atoms with Gasteiger partial charge in [-0.15, -0.1) is 0 Å². The van der Waals surface area contributed by atoms with Crippen LogP contribution in [0.1, 0.15) is 26.3 Å². The molecule has 1 aliphatic heterocycles. The van der Waals surface area contributed by atoms with Crippen LogP contribution < -0.4 is 0 Å². The van der Waals surface area contributed by atoms with Crippen molar-refractivity contribution in [2.75, 3.05) is 6.54 Å². The standard InChI is InChI=1S/C16H19ClN/c1-5-12(17)11-15-16(3,4)13-9-7-8-10-14(13)18(15)6-2/h5,7-11H,1,6H2,2-4H3/q+1/b12-11-. The molecule has 0 saturated carbocycles. The Morgan fingerprint density at radius 1 is 1.39 bits per heavy atom. The zero-order valence-electron chi connectivity index (χ0n) is 11.2. The van der Waals surface area contributed by atoms with Gasteiger partial charge in [0.2, 0.25) is 5.69 Å². The van der Waals surface area contributed by atoms with E-state index in [1.807, 2.05) is 6.08 Å². The van der Waals surface area contributed by atoms with Gasteiger partial charge in [-0.05, 0) is 20.8 Å². The maximum absolute atomic E-state index is 6.13. The van der Waals surface area contributed by atoms with Gasteiger partial charge in [0.05, 0.1) is 5.41 Å². The first-order valence-electron chi connectivity index (χ1n) is 6.26. The first-order chi connectivity index (χ1) is 8.52. The number of rotatable bonds is 3. The first-order valence-corrected chi connectivity index (χ1v) is 6.64. The van der Waals surface area contributed by atoms with E-state index in [0.29, 0.717) is 5.03 Å². The van der Waals surface area contributed by atoms with E-state index < -0.39 is 0 Å². The van der Waals surface area contributed by atoms with Crippen molar-refractivity contribution in [1.29, 1.82) is 0 Å². The fourth-order valence-corrected chi connectivity index (χ4v) is 2.73. The SMILES string of the molecule is C=C/C(Cl)=C/C1=[N+](CC)c2ccccc2C1(C)C. The van der Waals surface area contributed by atoms with Crippen molar-refractivity contribution in [3.8, 4) is 0 Å². The topological polar surface area (TPSA) is 3.01 Å². The fraction of sp³-hybridized carbons (Fsp3) is 0.312. The van der Waals surface area contributed by atoms with Crippen LogP contribution in [0.4, 0.5) is 5.69 Å². The molecule has 0 unspecified atom stereocenters. The van der Waals surface area contributed by atoms with E-state index in [0.717, 1.165) is 6.54 Å². The second kappa shape index (κ2) is 4.74. The first kappa shape index (κ1) is 13.1. The average molecular weight is 261 g/mol. The van der Waals surface area contributed by atoms with Gasteiger partial charge in [0.15, 0.2) is 5.71 Å². The van der Waals surface area contributed by atoms with Crippen LogP contribution >= 0.6 is 11.6 Å². The van der Waals surface area contributed by atoms with Crippen LogP contribution in [0.3, 0.4) is 0 Å². The van der Waals surface area contributed by atoms with Gasteiger partial charge in [0.1, 0.15) is 6.54 Å². The summed E-state index contributed by atoms with van der Waals surface area (Å²) in [6, 6.07) is 8.54. The second-order valence-corrected chi connectivity index (χ2v) is 5.44. The lowest BCUT2D eigenvalue weighted by molar-refractivity contribution is -0.433. The molecule has 0 radical (unpaired) electrons. The molecule has 2 heteroatoms. The van der Waals surface area contributed by atoms with Crippen LogP contribution in [0.5, 0.6) is 0 Å². The summed E-state index contributed by atoms with van der Waals surface area (Å²) in [5.74, 6) is 0. The van der Waals surface area contributed by atoms with Crippen molar-refractivity contribution < 1.29 is 4.58 Å². The highest BCUT2D eigenvalue weighted by Crippen LogP contribution is 2.39. The van der Waals surface area contributed by atoms with Crippen molar-refractivity contribution in [1.82, 2.24) is 0 Å². The molecule has 0 atom stereocenters. The highest BCUT2D eigenvalue weighted by atomic mass is 35.5. The highest BCUT2D eigenvalue weighted by molar-refractivity contribution is 6.33. The molecule has 1 nitrogen and oxygen atoms in total. The molecular weight excluding hydrogens is 242 g/mol. The molecule has 2 rings (SSSR count). The zero-order chi connectivity index (χ0) is 13.3. The van der Waals surface area contributed by atoms with E-state index in [1.165, 1.54) is 17.0 Å². The van der Waals surface area contributed by atoms with Gasteiger partial charge in [-0.1, -0.05) is 42.5 Å². The molecule has 18 heavy (non-hydrogen) atoms. The average Bonchev–Trinajstić information content (AvgIpc) is 2.58. The normalized spacial score (nSPS) is 17.9. The predicted molar refractivity (Wildman–Crippen MR) is 79.1 cm³/mol. The minimum atomic E-state index is -0.0181. The third kappa shape index (κ3) is 1.93. The minimum absolute atomic E-state index is 0.0181. The molecule has 0 saturated heterocycles. The van der Waals surface area contributed by atoms with E-state index >= 15 is 0 Å². The lowest BCUT2D eigenvalue weighted by atomic mass is 9.81. The number of benzene rings is 1. The Hall–Kier alpha value is -1.34. The van der Waals surface area contributed by atoms with E-state index in [-0.39, 0.29) is 5.41 Å². The van der Waals surface area contributed by atoms with Crippen molar-refractivity contribution >= 4 is 23.0 Å². The lowest BCUT2D eigenvalue weighted by Gasteiger charge is -2.15. The van der Waals surface area contributed by atoms with Gasteiger partial charge >= 0.3 is 0 Å². The number of hydrogen-bond acceptors (Lipinski definition) is 0. The molecule has 0 aliphatic carbocycles. The number of para-hydroxylation sites is 1. The Kier molecular flexibility index (Phi) is 3.45. The fourth-order valence-electron chi connectivity index (χ4n) is 2.63. The van der Waals surface area contributed by atoms with Gasteiger partial charge in [-0.3, -0.25) is 0 Å². The highest BCUT2D eigenvalue weighted by Gasteiger charge is 2.43. The van der Waals surface area contributed by atoms with Gasteiger partial charge in [-0.2, -0.15) is 4.58 Å². The Labute approximate surface area is 114 Å². The maximum Gasteiger partial charge on any atom is 0.209 e. The third-order valence-electron chi connectivity index (χ3n) is 3.59. The smallest absolute Gasteiger partial charge is 0.195 e. The predicted octanol–water partition coefficient (Wildman–Crippen LogP) is 4.39. The molecule has 0 bridgehead atoms. The molecule has 1 aliphatic rings. The number of nitrogens with zero attached hydrogens (tertiary/aromatic N) is 1. The molecule has 94 valence electrons. The summed E-state index contributed by atoms with van der Waals surface area (Å²) < 4.78 is 2.32. The molecule has 1 aromatic carbocycles. The van der Waals surface area contributed by atoms with Crippen LogP contribution in [0, 0.1) is 0 Å². The molecule has 0 aromatic heterocycles. The lowest BCUT2D eigenvalue weighted by Crippen LogP contribution is -2.27. The molecule has 1 heterocycles. The summed E-state index contributed by atoms with van der Waals surface area (Å²) >= 11 is 6.13. The van der Waals surface area contributed by atoms with Gasteiger partial charge < -0.3 is 0 Å². The number of fused-ring (bicyclic) bond motifs is 1. The summed E-state index contributed by atoms with van der Waals surface area (Å²) in [4.78, 5) is 0. The van der Waals surface area contributed by atoms with Crippen molar-refractivity contribution in [2.24, 2.45) is 0 Å². The summed E-state index contributed by atoms with van der Waals surface area (Å²) in [6.45, 7) is 11.3. The quantitative estimate of drug-likeness (QED) is 0.560. The van der Waals surface area contributed by atoms with Crippen LogP contribution in [0.2, 0.25) is 0 Å². The molecule has 0 fully saturated rings. The van der Waals surface area contributed by atoms with E-state index in [2.05, 4.69) is 56.2 Å². The summed E-state index contributed by atoms with van der Waals surface area (Å²) in [6.07, 6.45) is 3.71. The molecule has 0 N–H and O–H groups in total. The molecule has 0 amide bonds. The van der Waals surface area contributed by atoms with E-state index in [4.69, 9.17) is 11.6 Å². The van der Waals surface area contributed by atoms with Crippen molar-refractivity contribution in [3.05, 3.63) is 53.6 Å². The molecule has 1 aromatic rings. The van der Waals surface area contributed by atoms with Crippen LogP contribution in [-0.2, 0) is 5.41 Å². The van der Waals surface area contributed by atoms with Crippen LogP contribution in [0.25, 0.3) is 0 Å². The largest absolute Gasteiger partial charge is 0.209 e. The zero-order valence-corrected chi connectivity index (χ0v) is 12.0. The third-order valence-corrected chi connectivity index (χ3v) is 3.85. The maximum atomic E-state index is 6.13. The van der Waals surface area contributed by atoms with Crippen molar-refractivity contribution in [3.63, 3.8) is 0 Å². The van der Waals surface area contributed by atoms with E-state index in [1.54, 1.807) is 6.08 Å².